The molecule has 11 heavy (non-hydrogen) atoms. The molecule has 0 saturated carbocycles. The zero-order valence-corrected chi connectivity index (χ0v) is 7.30. The van der Waals surface area contributed by atoms with Crippen LogP contribution in [0.1, 0.15) is 26.7 Å². The highest BCUT2D eigenvalue weighted by Crippen LogP contribution is 2.17. The van der Waals surface area contributed by atoms with E-state index in [1.807, 2.05) is 6.92 Å². The molecule has 0 unspecified atom stereocenters. The Morgan fingerprint density at radius 2 is 2.09 bits per heavy atom. The van der Waals surface area contributed by atoms with Crippen LogP contribution < -0.4 is 0 Å². The van der Waals surface area contributed by atoms with Crippen molar-refractivity contribution in [1.29, 1.82) is 0 Å². The molecule has 0 aromatic heterocycles. The van der Waals surface area contributed by atoms with Gasteiger partial charge in [-0.25, -0.2) is 0 Å². The van der Waals surface area contributed by atoms with Crippen LogP contribution in [0, 0.1) is 0 Å². The minimum atomic E-state index is -0.0417. The van der Waals surface area contributed by atoms with Crippen LogP contribution in [0.4, 0.5) is 0 Å². The van der Waals surface area contributed by atoms with Crippen molar-refractivity contribution < 1.29 is 9.47 Å². The van der Waals surface area contributed by atoms with Crippen LogP contribution in [0.5, 0.6) is 0 Å². The fourth-order valence-corrected chi connectivity index (χ4v) is 1.26. The Kier molecular flexibility index (Phi) is 3.60. The van der Waals surface area contributed by atoms with E-state index < -0.39 is 0 Å². The van der Waals surface area contributed by atoms with Gasteiger partial charge in [0.05, 0.1) is 13.2 Å². The molecule has 1 fully saturated rings. The molecule has 0 spiro atoms. The first kappa shape index (κ1) is 8.75. The number of hydrogen-bond acceptors (Lipinski definition) is 2. The van der Waals surface area contributed by atoms with Gasteiger partial charge in [-0.1, -0.05) is 19.4 Å². The molecule has 0 aliphatic carbocycles. The van der Waals surface area contributed by atoms with Gasteiger partial charge < -0.3 is 9.47 Å². The summed E-state index contributed by atoms with van der Waals surface area (Å²) in [5.74, 6) is 0. The molecule has 64 valence electrons. The van der Waals surface area contributed by atoms with E-state index >= 15 is 0 Å². The quantitative estimate of drug-likeness (QED) is 0.582. The summed E-state index contributed by atoms with van der Waals surface area (Å²) in [5, 5.41) is 0. The van der Waals surface area contributed by atoms with E-state index in [4.69, 9.17) is 9.47 Å². The third-order valence-electron chi connectivity index (χ3n) is 1.83. The number of rotatable bonds is 3. The standard InChI is InChI=1S/C9H16O2/c1-3-5-8(4-2)9-10-6-7-11-9/h4,9H,3,5-7H2,1-2H3/b8-4+. The van der Waals surface area contributed by atoms with Crippen molar-refractivity contribution in [3.8, 4) is 0 Å². The smallest absolute Gasteiger partial charge is 0.179 e. The Bertz CT molecular complexity index is 134. The number of ether oxygens (including phenoxy) is 2. The molecule has 2 heteroatoms. The van der Waals surface area contributed by atoms with Crippen molar-refractivity contribution in [3.05, 3.63) is 11.6 Å². The summed E-state index contributed by atoms with van der Waals surface area (Å²) >= 11 is 0. The maximum absolute atomic E-state index is 5.37. The Balaban J connectivity index is 2.41. The lowest BCUT2D eigenvalue weighted by Gasteiger charge is -2.11. The van der Waals surface area contributed by atoms with Gasteiger partial charge in [0.1, 0.15) is 0 Å². The predicted molar refractivity (Wildman–Crippen MR) is 44.4 cm³/mol. The van der Waals surface area contributed by atoms with Crippen molar-refractivity contribution in [3.63, 3.8) is 0 Å². The van der Waals surface area contributed by atoms with Gasteiger partial charge in [-0.15, -0.1) is 0 Å². The highest BCUT2D eigenvalue weighted by Gasteiger charge is 2.18. The summed E-state index contributed by atoms with van der Waals surface area (Å²) in [4.78, 5) is 0. The van der Waals surface area contributed by atoms with E-state index in [1.54, 1.807) is 0 Å². The molecular weight excluding hydrogens is 140 g/mol. The van der Waals surface area contributed by atoms with Gasteiger partial charge >= 0.3 is 0 Å². The third-order valence-corrected chi connectivity index (χ3v) is 1.83. The van der Waals surface area contributed by atoms with Gasteiger partial charge in [0.15, 0.2) is 6.29 Å². The van der Waals surface area contributed by atoms with Crippen LogP contribution in [0.15, 0.2) is 11.6 Å². The van der Waals surface area contributed by atoms with Crippen LogP contribution in [0.3, 0.4) is 0 Å². The second-order valence-corrected chi connectivity index (χ2v) is 2.69. The molecule has 1 saturated heterocycles. The zero-order chi connectivity index (χ0) is 8.10. The summed E-state index contributed by atoms with van der Waals surface area (Å²) in [7, 11) is 0. The number of hydrogen-bond donors (Lipinski definition) is 0. The van der Waals surface area contributed by atoms with Crippen LogP contribution in [0.2, 0.25) is 0 Å². The molecule has 0 aromatic rings. The Hall–Kier alpha value is -0.340. The van der Waals surface area contributed by atoms with Crippen LogP contribution >= 0.6 is 0 Å². The summed E-state index contributed by atoms with van der Waals surface area (Å²) in [5.41, 5.74) is 1.28. The molecule has 0 atom stereocenters. The van der Waals surface area contributed by atoms with Gasteiger partial charge in [0, 0.05) is 0 Å². The van der Waals surface area contributed by atoms with Gasteiger partial charge in [0.25, 0.3) is 0 Å². The lowest BCUT2D eigenvalue weighted by molar-refractivity contribution is -0.0136. The second kappa shape index (κ2) is 4.52. The topological polar surface area (TPSA) is 18.5 Å². The summed E-state index contributed by atoms with van der Waals surface area (Å²) < 4.78 is 10.7. The average Bonchev–Trinajstić information content (AvgIpc) is 2.52. The zero-order valence-electron chi connectivity index (χ0n) is 7.30. The average molecular weight is 156 g/mol. The molecule has 0 radical (unpaired) electrons. The minimum absolute atomic E-state index is 0.0417. The van der Waals surface area contributed by atoms with Gasteiger partial charge in [-0.3, -0.25) is 0 Å². The largest absolute Gasteiger partial charge is 0.346 e. The first-order valence-electron chi connectivity index (χ1n) is 4.26. The highest BCUT2D eigenvalue weighted by molar-refractivity contribution is 5.04. The Morgan fingerprint density at radius 1 is 1.45 bits per heavy atom. The first-order valence-corrected chi connectivity index (χ1v) is 4.26. The van der Waals surface area contributed by atoms with Crippen molar-refractivity contribution in [1.82, 2.24) is 0 Å². The molecule has 1 rings (SSSR count). The fraction of sp³-hybridized carbons (Fsp3) is 0.778. The molecule has 0 amide bonds. The number of allylic oxidation sites excluding steroid dienone is 1. The van der Waals surface area contributed by atoms with Gasteiger partial charge in [0.2, 0.25) is 0 Å². The highest BCUT2D eigenvalue weighted by atomic mass is 16.7. The maximum atomic E-state index is 5.37. The predicted octanol–water partition coefficient (Wildman–Crippen LogP) is 2.11. The SMILES string of the molecule is C/C=C(\CCC)C1OCCO1. The summed E-state index contributed by atoms with van der Waals surface area (Å²) in [6, 6.07) is 0. The first-order chi connectivity index (χ1) is 5.38. The second-order valence-electron chi connectivity index (χ2n) is 2.69. The van der Waals surface area contributed by atoms with E-state index in [0.717, 1.165) is 26.1 Å². The third kappa shape index (κ3) is 2.31. The molecule has 1 aliphatic heterocycles. The lowest BCUT2D eigenvalue weighted by atomic mass is 10.1. The van der Waals surface area contributed by atoms with Gasteiger partial charge in [-0.05, 0) is 18.9 Å². The monoisotopic (exact) mass is 156 g/mol. The van der Waals surface area contributed by atoms with E-state index in [2.05, 4.69) is 13.0 Å². The normalized spacial score (nSPS) is 21.1. The van der Waals surface area contributed by atoms with Crippen molar-refractivity contribution in [2.45, 2.75) is 33.0 Å². The van der Waals surface area contributed by atoms with E-state index in [1.165, 1.54) is 5.57 Å². The maximum Gasteiger partial charge on any atom is 0.179 e. The molecular formula is C9H16O2. The summed E-state index contributed by atoms with van der Waals surface area (Å²) in [6.07, 6.45) is 4.30. The molecule has 0 N–H and O–H groups in total. The van der Waals surface area contributed by atoms with Crippen molar-refractivity contribution in [2.75, 3.05) is 13.2 Å². The lowest BCUT2D eigenvalue weighted by Crippen LogP contribution is -2.10. The molecule has 0 bridgehead atoms. The van der Waals surface area contributed by atoms with E-state index in [-0.39, 0.29) is 6.29 Å². The summed E-state index contributed by atoms with van der Waals surface area (Å²) in [6.45, 7) is 5.69. The van der Waals surface area contributed by atoms with E-state index in [9.17, 15) is 0 Å². The molecule has 0 aromatic carbocycles. The van der Waals surface area contributed by atoms with Gasteiger partial charge in [-0.2, -0.15) is 0 Å². The molecule has 1 aliphatic rings. The van der Waals surface area contributed by atoms with Crippen LogP contribution in [-0.4, -0.2) is 19.5 Å². The van der Waals surface area contributed by atoms with Crippen LogP contribution in [-0.2, 0) is 9.47 Å². The molecule has 1 heterocycles. The Morgan fingerprint density at radius 3 is 2.55 bits per heavy atom. The van der Waals surface area contributed by atoms with E-state index in [0.29, 0.717) is 0 Å². The van der Waals surface area contributed by atoms with Crippen molar-refractivity contribution in [2.24, 2.45) is 0 Å². The fourth-order valence-electron chi connectivity index (χ4n) is 1.26. The van der Waals surface area contributed by atoms with Crippen LogP contribution in [0.25, 0.3) is 0 Å². The Labute approximate surface area is 68.2 Å². The van der Waals surface area contributed by atoms with Crippen molar-refractivity contribution >= 4 is 0 Å². The molecule has 2 nitrogen and oxygen atoms in total. The minimum Gasteiger partial charge on any atom is -0.346 e.